The Bertz CT molecular complexity index is 989. The number of unbranched alkanes of at least 4 members (excludes halogenated alkanes) is 7. The molecule has 2 aromatic rings. The molecule has 4 N–H and O–H groups in total. The smallest absolute Gasteiger partial charge is 0.337 e. The van der Waals surface area contributed by atoms with Crippen molar-refractivity contribution in [2.24, 2.45) is 0 Å². The van der Waals surface area contributed by atoms with E-state index < -0.39 is 17.5 Å². The number of halogens is 3. The van der Waals surface area contributed by atoms with Gasteiger partial charge < -0.3 is 25.3 Å². The number of methoxy groups -OCH3 is 1. The van der Waals surface area contributed by atoms with Gasteiger partial charge in [-0.05, 0) is 56.3 Å². The molecule has 1 aromatic heterocycles. The summed E-state index contributed by atoms with van der Waals surface area (Å²) in [5.74, 6) is -3.57. The van der Waals surface area contributed by atoms with Crippen LogP contribution in [0.1, 0.15) is 106 Å². The first-order valence-electron chi connectivity index (χ1n) is 14.4. The minimum atomic E-state index is -2.57. The maximum atomic E-state index is 13.1. The third kappa shape index (κ3) is 11.7. The predicted molar refractivity (Wildman–Crippen MR) is 154 cm³/mol. The van der Waals surface area contributed by atoms with Gasteiger partial charge in [-0.1, -0.05) is 63.5 Å². The fourth-order valence-corrected chi connectivity index (χ4v) is 5.29. The highest BCUT2D eigenvalue weighted by molar-refractivity contribution is 6.38. The van der Waals surface area contributed by atoms with Crippen molar-refractivity contribution in [1.29, 1.82) is 0 Å². The number of carbonyl (C=O) groups is 1. The van der Waals surface area contributed by atoms with E-state index in [0.717, 1.165) is 42.3 Å². The fourth-order valence-electron chi connectivity index (χ4n) is 5.00. The largest absolute Gasteiger partial charge is 0.478 e. The topological polar surface area (TPSA) is 94.6 Å². The number of aliphatic hydroxyl groups is 1. The summed E-state index contributed by atoms with van der Waals surface area (Å²) in [6, 6.07) is 3.43. The number of nitrogens with one attached hydrogen (secondary N) is 2. The molecule has 0 spiro atoms. The Kier molecular flexibility index (Phi) is 14.7. The molecule has 0 amide bonds. The van der Waals surface area contributed by atoms with E-state index in [2.05, 4.69) is 17.2 Å². The Morgan fingerprint density at radius 1 is 1.08 bits per heavy atom. The molecule has 9 heteroatoms. The van der Waals surface area contributed by atoms with Crippen LogP contribution in [0.3, 0.4) is 0 Å². The number of H-pyrrole nitrogens is 1. The molecule has 0 atom stereocenters. The van der Waals surface area contributed by atoms with Gasteiger partial charge in [-0.15, -0.1) is 0 Å². The van der Waals surface area contributed by atoms with E-state index in [1.54, 1.807) is 25.4 Å². The number of aromatic amines is 1. The van der Waals surface area contributed by atoms with Crippen LogP contribution in [0.2, 0.25) is 5.02 Å². The van der Waals surface area contributed by atoms with Crippen molar-refractivity contribution < 1.29 is 28.5 Å². The molecule has 0 bridgehead atoms. The van der Waals surface area contributed by atoms with Gasteiger partial charge in [0.1, 0.15) is 0 Å². The summed E-state index contributed by atoms with van der Waals surface area (Å²) < 4.78 is 31.1. The van der Waals surface area contributed by atoms with Crippen LogP contribution in [0.15, 0.2) is 18.3 Å². The molecule has 0 unspecified atom stereocenters. The van der Waals surface area contributed by atoms with E-state index in [-0.39, 0.29) is 36.3 Å². The zero-order valence-corrected chi connectivity index (χ0v) is 24.4. The SMILES string of the molecule is CCCCCCCCCCNCC1(O)CCC(F)(F)CC1.COCCCc1cc(C(=O)O)c(Cl)c2cc[nH]c12. The van der Waals surface area contributed by atoms with Crippen LogP contribution in [0.25, 0.3) is 10.9 Å². The highest BCUT2D eigenvalue weighted by Gasteiger charge is 2.41. The number of fused-ring (bicyclic) bond motifs is 1. The average Bonchev–Trinajstić information content (AvgIpc) is 3.40. The van der Waals surface area contributed by atoms with Crippen LogP contribution in [-0.2, 0) is 11.2 Å². The number of ether oxygens (including phenoxy) is 1. The number of alkyl halides is 2. The molecule has 222 valence electrons. The molecule has 1 aliphatic rings. The summed E-state index contributed by atoms with van der Waals surface area (Å²) in [7, 11) is 1.65. The van der Waals surface area contributed by atoms with Gasteiger partial charge in [0.05, 0.1) is 21.7 Å². The van der Waals surface area contributed by atoms with Crippen molar-refractivity contribution in [2.45, 2.75) is 108 Å². The normalized spacial score (nSPS) is 16.2. The number of carboxylic acid groups (broad SMARTS) is 1. The first-order chi connectivity index (χ1) is 18.6. The molecule has 1 aliphatic carbocycles. The number of rotatable bonds is 16. The Labute approximate surface area is 236 Å². The summed E-state index contributed by atoms with van der Waals surface area (Å²) in [6.45, 7) is 4.22. The molecule has 1 aromatic carbocycles. The van der Waals surface area contributed by atoms with E-state index in [9.17, 15) is 18.7 Å². The van der Waals surface area contributed by atoms with Crippen LogP contribution in [0.5, 0.6) is 0 Å². The maximum Gasteiger partial charge on any atom is 0.337 e. The Morgan fingerprint density at radius 2 is 1.72 bits per heavy atom. The van der Waals surface area contributed by atoms with Crippen molar-refractivity contribution in [3.8, 4) is 0 Å². The second-order valence-corrected chi connectivity index (χ2v) is 11.2. The first kappa shape index (κ1) is 33.5. The molecule has 0 aliphatic heterocycles. The lowest BCUT2D eigenvalue weighted by molar-refractivity contribution is -0.102. The fraction of sp³-hybridized carbons (Fsp3) is 0.700. The quantitative estimate of drug-likeness (QED) is 0.154. The van der Waals surface area contributed by atoms with Crippen LogP contribution < -0.4 is 5.32 Å². The van der Waals surface area contributed by atoms with Gasteiger partial charge in [0.25, 0.3) is 0 Å². The summed E-state index contributed by atoms with van der Waals surface area (Å²) >= 11 is 6.09. The zero-order chi connectivity index (χ0) is 28.7. The molecule has 0 saturated heterocycles. The van der Waals surface area contributed by atoms with Gasteiger partial charge >= 0.3 is 5.97 Å². The highest BCUT2D eigenvalue weighted by Crippen LogP contribution is 2.38. The van der Waals surface area contributed by atoms with Crippen molar-refractivity contribution in [3.63, 3.8) is 0 Å². The molecular formula is C30H47ClF2N2O4. The molecule has 39 heavy (non-hydrogen) atoms. The summed E-state index contributed by atoms with van der Waals surface area (Å²) in [4.78, 5) is 14.3. The summed E-state index contributed by atoms with van der Waals surface area (Å²) in [5, 5.41) is 23.6. The standard InChI is InChI=1S/C17H33F2NO.C13H14ClNO3/c1-2-3-4-5-6-7-8-9-14-20-15-16(21)10-12-17(18,19)13-11-16;1-18-6-2-3-8-7-10(13(16)17)11(14)9-4-5-15-12(8)9/h20-21H,2-15H2,1H3;4-5,7,15H,2-3,6H2,1H3,(H,16,17). The van der Waals surface area contributed by atoms with E-state index in [1.165, 1.54) is 44.9 Å². The lowest BCUT2D eigenvalue weighted by Crippen LogP contribution is -2.46. The number of hydrogen-bond acceptors (Lipinski definition) is 4. The van der Waals surface area contributed by atoms with Gasteiger partial charge in [-0.25, -0.2) is 13.6 Å². The van der Waals surface area contributed by atoms with Crippen LogP contribution >= 0.6 is 11.6 Å². The highest BCUT2D eigenvalue weighted by atomic mass is 35.5. The Balaban J connectivity index is 0.000000276. The first-order valence-corrected chi connectivity index (χ1v) is 14.8. The number of hydrogen-bond donors (Lipinski definition) is 4. The van der Waals surface area contributed by atoms with Gasteiger partial charge in [0.2, 0.25) is 5.92 Å². The Hall–Kier alpha value is -1.74. The molecule has 0 radical (unpaired) electrons. The van der Waals surface area contributed by atoms with Crippen molar-refractivity contribution >= 4 is 28.5 Å². The Morgan fingerprint density at radius 3 is 2.33 bits per heavy atom. The maximum absolute atomic E-state index is 13.1. The molecular weight excluding hydrogens is 526 g/mol. The lowest BCUT2D eigenvalue weighted by Gasteiger charge is -2.36. The number of aryl methyl sites for hydroxylation is 1. The molecule has 6 nitrogen and oxygen atoms in total. The van der Waals surface area contributed by atoms with Gasteiger partial charge in [-0.2, -0.15) is 0 Å². The van der Waals surface area contributed by atoms with Crippen molar-refractivity contribution in [2.75, 3.05) is 26.8 Å². The van der Waals surface area contributed by atoms with E-state index in [0.29, 0.717) is 13.2 Å². The average molecular weight is 573 g/mol. The van der Waals surface area contributed by atoms with Crippen molar-refractivity contribution in [1.82, 2.24) is 10.3 Å². The monoisotopic (exact) mass is 572 g/mol. The third-order valence-corrected chi connectivity index (χ3v) is 7.87. The van der Waals surface area contributed by atoms with Crippen LogP contribution in [-0.4, -0.2) is 59.5 Å². The van der Waals surface area contributed by atoms with E-state index >= 15 is 0 Å². The third-order valence-electron chi connectivity index (χ3n) is 7.46. The zero-order valence-electron chi connectivity index (χ0n) is 23.6. The van der Waals surface area contributed by atoms with Gasteiger partial charge in [0, 0.05) is 44.7 Å². The molecule has 1 fully saturated rings. The van der Waals surface area contributed by atoms with Gasteiger partial charge in [-0.3, -0.25) is 0 Å². The van der Waals surface area contributed by atoms with Crippen LogP contribution in [0.4, 0.5) is 8.78 Å². The molecule has 1 heterocycles. The second kappa shape index (κ2) is 17.2. The minimum absolute atomic E-state index is 0.149. The minimum Gasteiger partial charge on any atom is -0.478 e. The second-order valence-electron chi connectivity index (χ2n) is 10.8. The van der Waals surface area contributed by atoms with E-state index in [1.807, 2.05) is 0 Å². The van der Waals surface area contributed by atoms with E-state index in [4.69, 9.17) is 21.4 Å². The predicted octanol–water partition coefficient (Wildman–Crippen LogP) is 7.76. The lowest BCUT2D eigenvalue weighted by atomic mass is 9.83. The number of aromatic nitrogens is 1. The van der Waals surface area contributed by atoms with Gasteiger partial charge in [0.15, 0.2) is 0 Å². The molecule has 1 saturated carbocycles. The summed E-state index contributed by atoms with van der Waals surface area (Å²) in [5.41, 5.74) is 1.09. The number of benzene rings is 1. The summed E-state index contributed by atoms with van der Waals surface area (Å²) in [6.07, 6.45) is 13.7. The van der Waals surface area contributed by atoms with Crippen LogP contribution in [0, 0.1) is 0 Å². The number of aromatic carboxylic acids is 1. The van der Waals surface area contributed by atoms with Crippen molar-refractivity contribution in [3.05, 3.63) is 34.5 Å². The molecule has 3 rings (SSSR count). The number of carboxylic acids is 1.